The van der Waals surface area contributed by atoms with Gasteiger partial charge in [0, 0.05) is 7.05 Å². The maximum atomic E-state index is 12.6. The summed E-state index contributed by atoms with van der Waals surface area (Å²) in [5, 5.41) is 0. The molecule has 3 heteroatoms. The van der Waals surface area contributed by atoms with Crippen LogP contribution in [0.25, 0.3) is 0 Å². The SMILES string of the molecule is CN(C(=O)[C@@H](N)C(C)(C)C)C1CCCc2ccccc21. The number of hydrogen-bond acceptors (Lipinski definition) is 2. The fraction of sp³-hybridized carbons (Fsp3) is 0.588. The first-order chi connectivity index (χ1) is 9.32. The smallest absolute Gasteiger partial charge is 0.240 e. The highest BCUT2D eigenvalue weighted by Crippen LogP contribution is 2.34. The number of fused-ring (bicyclic) bond motifs is 1. The van der Waals surface area contributed by atoms with Gasteiger partial charge in [-0.25, -0.2) is 0 Å². The Labute approximate surface area is 122 Å². The molecule has 1 unspecified atom stereocenters. The van der Waals surface area contributed by atoms with Crippen LogP contribution >= 0.6 is 0 Å². The molecule has 3 nitrogen and oxygen atoms in total. The summed E-state index contributed by atoms with van der Waals surface area (Å²) in [6, 6.07) is 8.15. The van der Waals surface area contributed by atoms with Crippen molar-refractivity contribution in [1.29, 1.82) is 0 Å². The predicted molar refractivity (Wildman–Crippen MR) is 82.3 cm³/mol. The molecule has 1 aromatic carbocycles. The van der Waals surface area contributed by atoms with Crippen molar-refractivity contribution in [2.24, 2.45) is 11.1 Å². The van der Waals surface area contributed by atoms with Crippen molar-refractivity contribution in [2.45, 2.75) is 52.1 Å². The van der Waals surface area contributed by atoms with Crippen LogP contribution in [0.1, 0.15) is 50.8 Å². The predicted octanol–water partition coefficient (Wildman–Crippen LogP) is 2.90. The summed E-state index contributed by atoms with van der Waals surface area (Å²) in [6.45, 7) is 6.04. The Balaban J connectivity index is 2.23. The molecule has 0 radical (unpaired) electrons. The highest BCUT2D eigenvalue weighted by molar-refractivity contribution is 5.82. The number of amides is 1. The van der Waals surface area contributed by atoms with E-state index in [1.54, 1.807) is 0 Å². The average Bonchev–Trinajstić information content (AvgIpc) is 2.43. The Morgan fingerprint density at radius 2 is 2.00 bits per heavy atom. The standard InChI is InChI=1S/C17H26N2O/c1-17(2,3)15(18)16(20)19(4)14-11-7-9-12-8-5-6-10-13(12)14/h5-6,8,10,14-15H,7,9,11,18H2,1-4H3/t14?,15-/m1/s1. The minimum atomic E-state index is -0.457. The van der Waals surface area contributed by atoms with Crippen molar-refractivity contribution in [2.75, 3.05) is 7.05 Å². The Morgan fingerprint density at radius 1 is 1.35 bits per heavy atom. The number of aryl methyl sites for hydroxylation is 1. The molecule has 1 amide bonds. The number of carbonyl (C=O) groups excluding carboxylic acids is 1. The molecule has 2 N–H and O–H groups in total. The zero-order chi connectivity index (χ0) is 14.9. The van der Waals surface area contributed by atoms with E-state index < -0.39 is 6.04 Å². The third-order valence-corrected chi connectivity index (χ3v) is 4.35. The molecule has 20 heavy (non-hydrogen) atoms. The molecule has 1 aliphatic rings. The first-order valence-electron chi connectivity index (χ1n) is 7.42. The highest BCUT2D eigenvalue weighted by atomic mass is 16.2. The molecule has 0 bridgehead atoms. The van der Waals surface area contributed by atoms with E-state index in [4.69, 9.17) is 5.73 Å². The molecule has 0 aliphatic heterocycles. The largest absolute Gasteiger partial charge is 0.337 e. The van der Waals surface area contributed by atoms with Gasteiger partial charge in [-0.1, -0.05) is 45.0 Å². The minimum absolute atomic E-state index is 0.0409. The van der Waals surface area contributed by atoms with E-state index in [2.05, 4.69) is 24.3 Å². The molecule has 0 fully saturated rings. The van der Waals surface area contributed by atoms with Crippen molar-refractivity contribution < 1.29 is 4.79 Å². The van der Waals surface area contributed by atoms with Crippen LogP contribution in [0.15, 0.2) is 24.3 Å². The minimum Gasteiger partial charge on any atom is -0.337 e. The van der Waals surface area contributed by atoms with Crippen LogP contribution in [-0.2, 0) is 11.2 Å². The highest BCUT2D eigenvalue weighted by Gasteiger charge is 2.34. The molecule has 110 valence electrons. The molecule has 2 atom stereocenters. The third kappa shape index (κ3) is 2.88. The van der Waals surface area contributed by atoms with Crippen LogP contribution in [0.4, 0.5) is 0 Å². The van der Waals surface area contributed by atoms with Gasteiger partial charge in [0.2, 0.25) is 5.91 Å². The number of nitrogens with zero attached hydrogens (tertiary/aromatic N) is 1. The first kappa shape index (κ1) is 15.0. The fourth-order valence-corrected chi connectivity index (χ4v) is 2.87. The van der Waals surface area contributed by atoms with E-state index >= 15 is 0 Å². The number of benzene rings is 1. The molecule has 0 saturated heterocycles. The molecule has 0 aromatic heterocycles. The van der Waals surface area contributed by atoms with Crippen molar-refractivity contribution in [3.8, 4) is 0 Å². The van der Waals surface area contributed by atoms with E-state index in [9.17, 15) is 4.79 Å². The van der Waals surface area contributed by atoms with Gasteiger partial charge < -0.3 is 10.6 Å². The molecule has 1 aromatic rings. The van der Waals surface area contributed by atoms with Gasteiger partial charge in [0.15, 0.2) is 0 Å². The van der Waals surface area contributed by atoms with Gasteiger partial charge in [0.05, 0.1) is 12.1 Å². The topological polar surface area (TPSA) is 46.3 Å². The Kier molecular flexibility index (Phi) is 4.19. The second-order valence-electron chi connectivity index (χ2n) is 6.90. The summed E-state index contributed by atoms with van der Waals surface area (Å²) in [5.41, 5.74) is 8.58. The van der Waals surface area contributed by atoms with Crippen LogP contribution in [0.2, 0.25) is 0 Å². The van der Waals surface area contributed by atoms with Gasteiger partial charge in [-0.3, -0.25) is 4.79 Å². The maximum absolute atomic E-state index is 12.6. The van der Waals surface area contributed by atoms with Gasteiger partial charge in [0.1, 0.15) is 0 Å². The monoisotopic (exact) mass is 274 g/mol. The molecule has 1 aliphatic carbocycles. The van der Waals surface area contributed by atoms with Crippen LogP contribution in [0.3, 0.4) is 0 Å². The quantitative estimate of drug-likeness (QED) is 0.901. The van der Waals surface area contributed by atoms with Crippen molar-refractivity contribution in [3.05, 3.63) is 35.4 Å². The molecule has 0 spiro atoms. The summed E-state index contributed by atoms with van der Waals surface area (Å²) in [6.07, 6.45) is 3.26. The van der Waals surface area contributed by atoms with E-state index in [-0.39, 0.29) is 17.4 Å². The van der Waals surface area contributed by atoms with Crippen LogP contribution in [0, 0.1) is 5.41 Å². The Morgan fingerprint density at radius 3 is 2.65 bits per heavy atom. The zero-order valence-electron chi connectivity index (χ0n) is 13.0. The van der Waals surface area contributed by atoms with Gasteiger partial charge in [0.25, 0.3) is 0 Å². The second kappa shape index (κ2) is 5.57. The van der Waals surface area contributed by atoms with Crippen LogP contribution in [-0.4, -0.2) is 23.9 Å². The molecule has 2 rings (SSSR count). The van der Waals surface area contributed by atoms with E-state index in [0.29, 0.717) is 0 Å². The molecule has 0 heterocycles. The second-order valence-corrected chi connectivity index (χ2v) is 6.90. The van der Waals surface area contributed by atoms with Crippen LogP contribution < -0.4 is 5.73 Å². The molecular formula is C17H26N2O. The molecule has 0 saturated carbocycles. The Bertz CT molecular complexity index is 490. The number of rotatable bonds is 2. The summed E-state index contributed by atoms with van der Waals surface area (Å²) >= 11 is 0. The van der Waals surface area contributed by atoms with Gasteiger partial charge in [-0.05, 0) is 35.8 Å². The average molecular weight is 274 g/mol. The number of likely N-dealkylation sites (N-methyl/N-ethyl adjacent to an activating group) is 1. The van der Waals surface area contributed by atoms with E-state index in [1.807, 2.05) is 32.7 Å². The summed E-state index contributed by atoms with van der Waals surface area (Å²) in [4.78, 5) is 14.5. The normalized spacial score (nSPS) is 20.1. The lowest BCUT2D eigenvalue weighted by atomic mass is 9.84. The van der Waals surface area contributed by atoms with Crippen molar-refractivity contribution in [3.63, 3.8) is 0 Å². The summed E-state index contributed by atoms with van der Waals surface area (Å²) in [5.74, 6) is 0.0409. The third-order valence-electron chi connectivity index (χ3n) is 4.35. The van der Waals surface area contributed by atoms with Gasteiger partial charge in [-0.2, -0.15) is 0 Å². The zero-order valence-corrected chi connectivity index (χ0v) is 13.0. The number of hydrogen-bond donors (Lipinski definition) is 1. The summed E-state index contributed by atoms with van der Waals surface area (Å²) in [7, 11) is 1.89. The maximum Gasteiger partial charge on any atom is 0.240 e. The lowest BCUT2D eigenvalue weighted by molar-refractivity contribution is -0.136. The lowest BCUT2D eigenvalue weighted by Gasteiger charge is -2.37. The Hall–Kier alpha value is -1.35. The van der Waals surface area contributed by atoms with Crippen LogP contribution in [0.5, 0.6) is 0 Å². The van der Waals surface area contributed by atoms with Crippen molar-refractivity contribution >= 4 is 5.91 Å². The van der Waals surface area contributed by atoms with Gasteiger partial charge in [-0.15, -0.1) is 0 Å². The van der Waals surface area contributed by atoms with Gasteiger partial charge >= 0.3 is 0 Å². The number of carbonyl (C=O) groups is 1. The van der Waals surface area contributed by atoms with E-state index in [1.165, 1.54) is 11.1 Å². The molecular weight excluding hydrogens is 248 g/mol. The summed E-state index contributed by atoms with van der Waals surface area (Å²) < 4.78 is 0. The first-order valence-corrected chi connectivity index (χ1v) is 7.42. The van der Waals surface area contributed by atoms with E-state index in [0.717, 1.165) is 19.3 Å². The van der Waals surface area contributed by atoms with Crippen molar-refractivity contribution in [1.82, 2.24) is 4.90 Å². The fourth-order valence-electron chi connectivity index (χ4n) is 2.87. The lowest BCUT2D eigenvalue weighted by Crippen LogP contribution is -2.50. The number of nitrogens with two attached hydrogens (primary N) is 1.